The van der Waals surface area contributed by atoms with Gasteiger partial charge in [-0.1, -0.05) is 31.4 Å². The van der Waals surface area contributed by atoms with Gasteiger partial charge in [-0.2, -0.15) is 0 Å². The van der Waals surface area contributed by atoms with Gasteiger partial charge >= 0.3 is 0 Å². The summed E-state index contributed by atoms with van der Waals surface area (Å²) in [5.74, 6) is 1.63. The van der Waals surface area contributed by atoms with Crippen LogP contribution in [0.2, 0.25) is 0 Å². The van der Waals surface area contributed by atoms with E-state index in [-0.39, 0.29) is 5.75 Å². The first kappa shape index (κ1) is 15.2. The van der Waals surface area contributed by atoms with E-state index in [1.165, 1.54) is 32.1 Å². The molecule has 3 heteroatoms. The average Bonchev–Trinajstić information content (AvgIpc) is 2.49. The van der Waals surface area contributed by atoms with E-state index in [1.54, 1.807) is 0 Å². The third-order valence-corrected chi connectivity index (χ3v) is 4.35. The van der Waals surface area contributed by atoms with Gasteiger partial charge in [-0.25, -0.2) is 0 Å². The fourth-order valence-electron chi connectivity index (χ4n) is 3.05. The van der Waals surface area contributed by atoms with Crippen molar-refractivity contribution in [3.05, 3.63) is 23.8 Å². The lowest BCUT2D eigenvalue weighted by atomic mass is 9.84. The fraction of sp³-hybridized carbons (Fsp3) is 0.647. The minimum absolute atomic E-state index is 0.276. The van der Waals surface area contributed by atoms with Crippen molar-refractivity contribution >= 4 is 0 Å². The van der Waals surface area contributed by atoms with Gasteiger partial charge in [-0.3, -0.25) is 0 Å². The summed E-state index contributed by atoms with van der Waals surface area (Å²) >= 11 is 0. The van der Waals surface area contributed by atoms with Crippen LogP contribution in [0.1, 0.15) is 51.5 Å². The Bertz CT molecular complexity index is 413. The van der Waals surface area contributed by atoms with Crippen molar-refractivity contribution in [2.45, 2.75) is 58.5 Å². The zero-order valence-electron chi connectivity index (χ0n) is 12.7. The van der Waals surface area contributed by atoms with E-state index >= 15 is 0 Å². The van der Waals surface area contributed by atoms with Gasteiger partial charge in [0.25, 0.3) is 0 Å². The predicted molar refractivity (Wildman–Crippen MR) is 82.2 cm³/mol. The van der Waals surface area contributed by atoms with Gasteiger partial charge in [0, 0.05) is 18.2 Å². The topological polar surface area (TPSA) is 41.5 Å². The number of phenolic OH excluding ortho intramolecular Hbond substituents is 1. The number of hydrogen-bond donors (Lipinski definition) is 2. The lowest BCUT2D eigenvalue weighted by Crippen LogP contribution is -2.34. The molecular formula is C17H27NO2. The Kier molecular flexibility index (Phi) is 5.72. The number of ether oxygens (including phenoxy) is 1. The highest BCUT2D eigenvalue weighted by Crippen LogP contribution is 2.30. The molecule has 1 aliphatic rings. The lowest BCUT2D eigenvalue weighted by Gasteiger charge is -2.28. The van der Waals surface area contributed by atoms with Gasteiger partial charge in [0.1, 0.15) is 0 Å². The second-order valence-electron chi connectivity index (χ2n) is 5.76. The Hall–Kier alpha value is -1.22. The molecule has 0 unspecified atom stereocenters. The van der Waals surface area contributed by atoms with E-state index in [4.69, 9.17) is 4.74 Å². The maximum atomic E-state index is 10.2. The molecule has 0 aliphatic heterocycles. The number of benzene rings is 1. The SMILES string of the molecule is CCOc1cccc(CN[C@H](C)C2CCCCC2)c1O. The van der Waals surface area contributed by atoms with Crippen LogP contribution in [0, 0.1) is 5.92 Å². The van der Waals surface area contributed by atoms with E-state index in [0.717, 1.165) is 11.5 Å². The highest BCUT2D eigenvalue weighted by molar-refractivity contribution is 5.45. The van der Waals surface area contributed by atoms with Crippen LogP contribution in [0.5, 0.6) is 11.5 Å². The Morgan fingerprint density at radius 1 is 1.30 bits per heavy atom. The second kappa shape index (κ2) is 7.53. The number of rotatable bonds is 6. The zero-order valence-corrected chi connectivity index (χ0v) is 12.7. The van der Waals surface area contributed by atoms with Crippen LogP contribution in [0.3, 0.4) is 0 Å². The lowest BCUT2D eigenvalue weighted by molar-refractivity contribution is 0.278. The van der Waals surface area contributed by atoms with E-state index in [1.807, 2.05) is 25.1 Å². The molecule has 1 fully saturated rings. The fourth-order valence-corrected chi connectivity index (χ4v) is 3.05. The summed E-state index contributed by atoms with van der Waals surface area (Å²) in [4.78, 5) is 0. The van der Waals surface area contributed by atoms with Crippen molar-refractivity contribution in [1.82, 2.24) is 5.32 Å². The summed E-state index contributed by atoms with van der Waals surface area (Å²) < 4.78 is 5.42. The molecule has 1 aliphatic carbocycles. The quantitative estimate of drug-likeness (QED) is 0.830. The first-order chi connectivity index (χ1) is 9.72. The number of hydrogen-bond acceptors (Lipinski definition) is 3. The number of nitrogens with one attached hydrogen (secondary N) is 1. The van der Waals surface area contributed by atoms with Crippen molar-refractivity contribution in [2.75, 3.05) is 6.61 Å². The first-order valence-corrected chi connectivity index (χ1v) is 7.89. The number of para-hydroxylation sites is 1. The summed E-state index contributed by atoms with van der Waals surface area (Å²) in [6, 6.07) is 6.21. The molecule has 2 rings (SSSR count). The van der Waals surface area contributed by atoms with Crippen LogP contribution in [0.25, 0.3) is 0 Å². The van der Waals surface area contributed by atoms with Crippen LogP contribution < -0.4 is 10.1 Å². The van der Waals surface area contributed by atoms with E-state index in [0.29, 0.717) is 24.9 Å². The molecule has 112 valence electrons. The molecule has 0 saturated heterocycles. The maximum Gasteiger partial charge on any atom is 0.162 e. The highest BCUT2D eigenvalue weighted by atomic mass is 16.5. The average molecular weight is 277 g/mol. The van der Waals surface area contributed by atoms with Gasteiger partial charge < -0.3 is 15.2 Å². The third kappa shape index (κ3) is 3.89. The minimum atomic E-state index is 0.276. The molecule has 0 amide bonds. The van der Waals surface area contributed by atoms with E-state index in [2.05, 4.69) is 12.2 Å². The first-order valence-electron chi connectivity index (χ1n) is 7.89. The van der Waals surface area contributed by atoms with Crippen LogP contribution in [0.15, 0.2) is 18.2 Å². The summed E-state index contributed by atoms with van der Waals surface area (Å²) in [6.07, 6.45) is 6.78. The van der Waals surface area contributed by atoms with Crippen LogP contribution >= 0.6 is 0 Å². The maximum absolute atomic E-state index is 10.2. The third-order valence-electron chi connectivity index (χ3n) is 4.35. The molecule has 0 heterocycles. The Balaban J connectivity index is 1.91. The summed E-state index contributed by atoms with van der Waals surface area (Å²) in [5.41, 5.74) is 0.915. The van der Waals surface area contributed by atoms with Crippen molar-refractivity contribution in [3.63, 3.8) is 0 Å². The predicted octanol–water partition coefficient (Wildman–Crippen LogP) is 3.85. The molecule has 20 heavy (non-hydrogen) atoms. The largest absolute Gasteiger partial charge is 0.504 e. The van der Waals surface area contributed by atoms with Gasteiger partial charge in [-0.05, 0) is 38.7 Å². The monoisotopic (exact) mass is 277 g/mol. The molecule has 0 bridgehead atoms. The van der Waals surface area contributed by atoms with E-state index in [9.17, 15) is 5.11 Å². The summed E-state index contributed by atoms with van der Waals surface area (Å²) in [7, 11) is 0. The van der Waals surface area contributed by atoms with E-state index < -0.39 is 0 Å². The molecule has 1 atom stereocenters. The normalized spacial score (nSPS) is 17.9. The Morgan fingerprint density at radius 3 is 2.75 bits per heavy atom. The molecule has 1 aromatic carbocycles. The van der Waals surface area contributed by atoms with Crippen LogP contribution in [-0.2, 0) is 6.54 Å². The highest BCUT2D eigenvalue weighted by Gasteiger charge is 2.20. The van der Waals surface area contributed by atoms with Crippen LogP contribution in [0.4, 0.5) is 0 Å². The Labute approximate surface area is 122 Å². The minimum Gasteiger partial charge on any atom is -0.504 e. The smallest absolute Gasteiger partial charge is 0.162 e. The number of phenols is 1. The van der Waals surface area contributed by atoms with Gasteiger partial charge in [-0.15, -0.1) is 0 Å². The standard InChI is InChI=1S/C17H27NO2/c1-3-20-16-11-7-10-15(17(16)19)12-18-13(2)14-8-5-4-6-9-14/h7,10-11,13-14,18-19H,3-6,8-9,12H2,1-2H3/t13-/m1/s1. The summed E-state index contributed by atoms with van der Waals surface area (Å²) in [6.45, 7) is 5.46. The zero-order chi connectivity index (χ0) is 14.4. The van der Waals surface area contributed by atoms with Gasteiger partial charge in [0.2, 0.25) is 0 Å². The molecule has 3 nitrogen and oxygen atoms in total. The molecular weight excluding hydrogens is 250 g/mol. The van der Waals surface area contributed by atoms with Gasteiger partial charge in [0.15, 0.2) is 11.5 Å². The Morgan fingerprint density at radius 2 is 2.05 bits per heavy atom. The number of aromatic hydroxyl groups is 1. The van der Waals surface area contributed by atoms with Crippen LogP contribution in [-0.4, -0.2) is 17.8 Å². The van der Waals surface area contributed by atoms with Gasteiger partial charge in [0.05, 0.1) is 6.61 Å². The second-order valence-corrected chi connectivity index (χ2v) is 5.76. The summed E-state index contributed by atoms with van der Waals surface area (Å²) in [5, 5.41) is 13.7. The molecule has 0 radical (unpaired) electrons. The van der Waals surface area contributed by atoms with Crippen molar-refractivity contribution in [2.24, 2.45) is 5.92 Å². The molecule has 1 saturated carbocycles. The molecule has 0 spiro atoms. The van der Waals surface area contributed by atoms with Crippen molar-refractivity contribution < 1.29 is 9.84 Å². The molecule has 2 N–H and O–H groups in total. The van der Waals surface area contributed by atoms with Crippen molar-refractivity contribution in [3.8, 4) is 11.5 Å². The molecule has 0 aromatic heterocycles. The molecule has 1 aromatic rings. The van der Waals surface area contributed by atoms with Crippen molar-refractivity contribution in [1.29, 1.82) is 0 Å².